The Morgan fingerprint density at radius 1 is 1.27 bits per heavy atom. The Morgan fingerprint density at radius 3 is 2.45 bits per heavy atom. The van der Waals surface area contributed by atoms with Gasteiger partial charge in [0, 0.05) is 0 Å². The number of sulfone groups is 1. The summed E-state index contributed by atoms with van der Waals surface area (Å²) in [6, 6.07) is 9.65. The summed E-state index contributed by atoms with van der Waals surface area (Å²) in [5.41, 5.74) is 0.317. The number of nitrogens with one attached hydrogen (secondary N) is 1. The first-order valence-electron chi connectivity index (χ1n) is 7.46. The average Bonchev–Trinajstić information content (AvgIpc) is 2.47. The van der Waals surface area contributed by atoms with Crippen LogP contribution in [0.4, 0.5) is 0 Å². The van der Waals surface area contributed by atoms with Gasteiger partial charge in [-0.2, -0.15) is 0 Å². The van der Waals surface area contributed by atoms with Gasteiger partial charge in [-0.1, -0.05) is 37.3 Å². The average molecular weight is 327 g/mol. The van der Waals surface area contributed by atoms with Crippen LogP contribution < -0.4 is 5.32 Å². The number of aliphatic hydroxyl groups is 1. The molecule has 5 nitrogen and oxygen atoms in total. The number of hydrogen-bond acceptors (Lipinski definition) is 4. The minimum Gasteiger partial charge on any atom is -0.394 e. The first kappa shape index (κ1) is 18.6. The van der Waals surface area contributed by atoms with Crippen LogP contribution in [0.15, 0.2) is 30.3 Å². The molecule has 0 aliphatic carbocycles. The number of aliphatic hydroxyl groups excluding tert-OH is 1. The standard InChI is InChI=1S/C16H25NO4S/c1-3-16(2,13-18)17-15(19)12-22(20,21)11-7-10-14-8-5-4-6-9-14/h4-6,8-9,18H,3,7,10-13H2,1-2H3,(H,17,19)/t16-/m1/s1. The van der Waals surface area contributed by atoms with E-state index in [2.05, 4.69) is 5.32 Å². The lowest BCUT2D eigenvalue weighted by atomic mass is 10.0. The second-order valence-corrected chi connectivity index (χ2v) is 7.99. The van der Waals surface area contributed by atoms with Crippen LogP contribution in [0.25, 0.3) is 0 Å². The fraction of sp³-hybridized carbons (Fsp3) is 0.562. The Hall–Kier alpha value is -1.40. The van der Waals surface area contributed by atoms with Crippen molar-refractivity contribution in [3.8, 4) is 0 Å². The van der Waals surface area contributed by atoms with Crippen LogP contribution in [0.2, 0.25) is 0 Å². The Kier molecular flexibility index (Phi) is 7.03. The van der Waals surface area contributed by atoms with E-state index in [9.17, 15) is 18.3 Å². The maximum absolute atomic E-state index is 12.0. The van der Waals surface area contributed by atoms with Gasteiger partial charge in [0.05, 0.1) is 17.9 Å². The predicted octanol–water partition coefficient (Wildman–Crippen LogP) is 1.31. The fourth-order valence-corrected chi connectivity index (χ4v) is 3.23. The molecule has 0 radical (unpaired) electrons. The van der Waals surface area contributed by atoms with E-state index in [1.54, 1.807) is 6.92 Å². The highest BCUT2D eigenvalue weighted by molar-refractivity contribution is 7.92. The first-order valence-corrected chi connectivity index (χ1v) is 9.28. The SMILES string of the molecule is CC[C@](C)(CO)NC(=O)CS(=O)(=O)CCCc1ccccc1. The summed E-state index contributed by atoms with van der Waals surface area (Å²) in [4.78, 5) is 11.8. The molecule has 0 aliphatic rings. The number of carbonyl (C=O) groups excluding carboxylic acids is 1. The Labute approximate surface area is 132 Å². The number of benzene rings is 1. The minimum absolute atomic E-state index is 0.0166. The second kappa shape index (κ2) is 8.29. The van der Waals surface area contributed by atoms with E-state index in [-0.39, 0.29) is 12.4 Å². The maximum atomic E-state index is 12.0. The minimum atomic E-state index is -3.43. The van der Waals surface area contributed by atoms with Crippen molar-refractivity contribution in [3.63, 3.8) is 0 Å². The van der Waals surface area contributed by atoms with Crippen molar-refractivity contribution in [2.75, 3.05) is 18.1 Å². The van der Waals surface area contributed by atoms with Crippen molar-refractivity contribution in [1.29, 1.82) is 0 Å². The Bertz CT molecular complexity index is 565. The lowest BCUT2D eigenvalue weighted by Gasteiger charge is -2.27. The third-order valence-electron chi connectivity index (χ3n) is 3.69. The van der Waals surface area contributed by atoms with Crippen LogP contribution in [0.1, 0.15) is 32.3 Å². The molecule has 1 atom stereocenters. The normalized spacial score (nSPS) is 14.3. The van der Waals surface area contributed by atoms with Crippen LogP contribution in [-0.4, -0.2) is 43.1 Å². The molecule has 1 amide bonds. The van der Waals surface area contributed by atoms with Gasteiger partial charge in [0.1, 0.15) is 5.75 Å². The van der Waals surface area contributed by atoms with Gasteiger partial charge in [-0.25, -0.2) is 8.42 Å². The molecule has 0 aliphatic heterocycles. The summed E-state index contributed by atoms with van der Waals surface area (Å²) in [6.45, 7) is 3.29. The molecule has 0 aromatic heterocycles. The zero-order valence-electron chi connectivity index (χ0n) is 13.2. The topological polar surface area (TPSA) is 83.5 Å². The lowest BCUT2D eigenvalue weighted by Crippen LogP contribution is -2.50. The zero-order chi connectivity index (χ0) is 16.6. The van der Waals surface area contributed by atoms with E-state index in [4.69, 9.17) is 0 Å². The molecule has 124 valence electrons. The Morgan fingerprint density at radius 2 is 1.91 bits per heavy atom. The van der Waals surface area contributed by atoms with Gasteiger partial charge in [-0.15, -0.1) is 0 Å². The van der Waals surface area contributed by atoms with Crippen LogP contribution in [0.5, 0.6) is 0 Å². The third kappa shape index (κ3) is 6.58. The molecule has 0 saturated carbocycles. The fourth-order valence-electron chi connectivity index (χ4n) is 2.03. The molecule has 1 rings (SSSR count). The highest BCUT2D eigenvalue weighted by atomic mass is 32.2. The number of aryl methyl sites for hydroxylation is 1. The second-order valence-electron chi connectivity index (χ2n) is 5.80. The molecule has 0 saturated heterocycles. The summed E-state index contributed by atoms with van der Waals surface area (Å²) in [6.07, 6.45) is 1.69. The third-order valence-corrected chi connectivity index (χ3v) is 5.30. The van der Waals surface area contributed by atoms with E-state index in [0.717, 1.165) is 5.56 Å². The van der Waals surface area contributed by atoms with Crippen molar-refractivity contribution in [1.82, 2.24) is 5.32 Å². The molecule has 0 unspecified atom stereocenters. The van der Waals surface area contributed by atoms with Crippen LogP contribution in [-0.2, 0) is 21.1 Å². The maximum Gasteiger partial charge on any atom is 0.235 e. The smallest absolute Gasteiger partial charge is 0.235 e. The van der Waals surface area contributed by atoms with Gasteiger partial charge in [0.15, 0.2) is 9.84 Å². The van der Waals surface area contributed by atoms with Gasteiger partial charge in [-0.3, -0.25) is 4.79 Å². The molecule has 6 heteroatoms. The molecule has 22 heavy (non-hydrogen) atoms. The largest absolute Gasteiger partial charge is 0.394 e. The van der Waals surface area contributed by atoms with E-state index < -0.39 is 27.0 Å². The molecular formula is C16H25NO4S. The zero-order valence-corrected chi connectivity index (χ0v) is 14.0. The van der Waals surface area contributed by atoms with Crippen LogP contribution >= 0.6 is 0 Å². The van der Waals surface area contributed by atoms with Crippen molar-refractivity contribution in [2.24, 2.45) is 0 Å². The highest BCUT2D eigenvalue weighted by Crippen LogP contribution is 2.08. The molecule has 0 bridgehead atoms. The van der Waals surface area contributed by atoms with E-state index in [1.165, 1.54) is 0 Å². The van der Waals surface area contributed by atoms with Crippen LogP contribution in [0.3, 0.4) is 0 Å². The summed E-state index contributed by atoms with van der Waals surface area (Å²) >= 11 is 0. The van der Waals surface area contributed by atoms with Gasteiger partial charge in [-0.05, 0) is 31.7 Å². The van der Waals surface area contributed by atoms with Crippen molar-refractivity contribution in [2.45, 2.75) is 38.6 Å². The summed E-state index contributed by atoms with van der Waals surface area (Å²) < 4.78 is 23.9. The highest BCUT2D eigenvalue weighted by Gasteiger charge is 2.25. The van der Waals surface area contributed by atoms with Gasteiger partial charge in [0.25, 0.3) is 0 Å². The quantitative estimate of drug-likeness (QED) is 0.716. The van der Waals surface area contributed by atoms with Gasteiger partial charge >= 0.3 is 0 Å². The number of rotatable bonds is 9. The monoisotopic (exact) mass is 327 g/mol. The van der Waals surface area contributed by atoms with E-state index in [0.29, 0.717) is 19.3 Å². The Balaban J connectivity index is 2.45. The molecule has 2 N–H and O–H groups in total. The molecular weight excluding hydrogens is 302 g/mol. The molecule has 0 fully saturated rings. The summed E-state index contributed by atoms with van der Waals surface area (Å²) in [5, 5.41) is 11.8. The van der Waals surface area contributed by atoms with Crippen molar-refractivity contribution in [3.05, 3.63) is 35.9 Å². The van der Waals surface area contributed by atoms with Crippen LogP contribution in [0, 0.1) is 0 Å². The lowest BCUT2D eigenvalue weighted by molar-refractivity contribution is -0.120. The summed E-state index contributed by atoms with van der Waals surface area (Å²) in [7, 11) is -3.43. The molecule has 1 aromatic rings. The first-order chi connectivity index (χ1) is 10.3. The molecule has 0 spiro atoms. The van der Waals surface area contributed by atoms with Gasteiger partial charge < -0.3 is 10.4 Å². The van der Waals surface area contributed by atoms with Crippen molar-refractivity contribution >= 4 is 15.7 Å². The summed E-state index contributed by atoms with van der Waals surface area (Å²) in [5.74, 6) is -1.10. The number of hydrogen-bond donors (Lipinski definition) is 2. The molecule has 0 heterocycles. The van der Waals surface area contributed by atoms with E-state index in [1.807, 2.05) is 37.3 Å². The predicted molar refractivity (Wildman–Crippen MR) is 87.3 cm³/mol. The number of carbonyl (C=O) groups is 1. The number of amides is 1. The van der Waals surface area contributed by atoms with Crippen molar-refractivity contribution < 1.29 is 18.3 Å². The van der Waals surface area contributed by atoms with Gasteiger partial charge in [0.2, 0.25) is 5.91 Å². The van der Waals surface area contributed by atoms with E-state index >= 15 is 0 Å². The molecule has 1 aromatic carbocycles.